The fourth-order valence-corrected chi connectivity index (χ4v) is 3.12. The Morgan fingerprint density at radius 1 is 0.909 bits per heavy atom. The van der Waals surface area contributed by atoms with Gasteiger partial charge in [-0.3, -0.25) is 0 Å². The smallest absolute Gasteiger partial charge is 0.129 e. The molecule has 0 N–H and O–H groups in total. The maximum absolute atomic E-state index is 4.69. The summed E-state index contributed by atoms with van der Waals surface area (Å²) in [7, 11) is 0. The van der Waals surface area contributed by atoms with Crippen LogP contribution in [0.1, 0.15) is 23.7 Å². The molecule has 3 rings (SSSR count). The zero-order valence-corrected chi connectivity index (χ0v) is 13.8. The lowest BCUT2D eigenvalue weighted by Crippen LogP contribution is -2.46. The van der Waals surface area contributed by atoms with E-state index in [9.17, 15) is 0 Å². The molecule has 3 nitrogen and oxygen atoms in total. The predicted octanol–water partition coefficient (Wildman–Crippen LogP) is 3.59. The second-order valence-electron chi connectivity index (χ2n) is 6.14. The van der Waals surface area contributed by atoms with E-state index in [1.165, 1.54) is 16.8 Å². The zero-order chi connectivity index (χ0) is 15.5. The number of hydrogen-bond acceptors (Lipinski definition) is 3. The summed E-state index contributed by atoms with van der Waals surface area (Å²) in [6.07, 6.45) is 1.10. The van der Waals surface area contributed by atoms with Crippen LogP contribution in [0.5, 0.6) is 0 Å². The lowest BCUT2D eigenvalue weighted by Gasteiger charge is -2.37. The number of aryl methyl sites for hydroxylation is 3. The molecule has 0 amide bonds. The highest BCUT2D eigenvalue weighted by molar-refractivity contribution is 5.51. The fourth-order valence-electron chi connectivity index (χ4n) is 3.12. The number of benzene rings is 1. The van der Waals surface area contributed by atoms with E-state index in [-0.39, 0.29) is 0 Å². The molecule has 0 saturated carbocycles. The van der Waals surface area contributed by atoms with Crippen LogP contribution in [0.15, 0.2) is 36.4 Å². The number of anilines is 2. The topological polar surface area (TPSA) is 19.4 Å². The van der Waals surface area contributed by atoms with Crippen LogP contribution in [-0.2, 0) is 6.42 Å². The summed E-state index contributed by atoms with van der Waals surface area (Å²) in [6.45, 7) is 10.6. The van der Waals surface area contributed by atoms with Crippen molar-refractivity contribution in [3.05, 3.63) is 53.2 Å². The van der Waals surface area contributed by atoms with Gasteiger partial charge in [0.2, 0.25) is 0 Å². The minimum absolute atomic E-state index is 1.03. The zero-order valence-electron chi connectivity index (χ0n) is 13.8. The molecule has 0 radical (unpaired) electrons. The molecule has 0 aliphatic carbocycles. The van der Waals surface area contributed by atoms with E-state index in [1.807, 2.05) is 0 Å². The van der Waals surface area contributed by atoms with Crippen molar-refractivity contribution in [2.45, 2.75) is 27.2 Å². The van der Waals surface area contributed by atoms with Crippen molar-refractivity contribution in [3.8, 4) is 0 Å². The molecular formula is C19H25N3. The highest BCUT2D eigenvalue weighted by Crippen LogP contribution is 2.21. The van der Waals surface area contributed by atoms with E-state index >= 15 is 0 Å². The van der Waals surface area contributed by atoms with E-state index in [0.29, 0.717) is 0 Å². The van der Waals surface area contributed by atoms with Crippen LogP contribution in [0.3, 0.4) is 0 Å². The van der Waals surface area contributed by atoms with E-state index in [1.54, 1.807) is 0 Å². The van der Waals surface area contributed by atoms with Gasteiger partial charge in [0.05, 0.1) is 0 Å². The molecule has 1 saturated heterocycles. The number of nitrogens with zero attached hydrogens (tertiary/aromatic N) is 3. The summed E-state index contributed by atoms with van der Waals surface area (Å²) < 4.78 is 0. The summed E-state index contributed by atoms with van der Waals surface area (Å²) in [6, 6.07) is 13.3. The van der Waals surface area contributed by atoms with Gasteiger partial charge in [-0.25, -0.2) is 4.98 Å². The van der Waals surface area contributed by atoms with Crippen molar-refractivity contribution in [1.29, 1.82) is 0 Å². The van der Waals surface area contributed by atoms with Gasteiger partial charge >= 0.3 is 0 Å². The van der Waals surface area contributed by atoms with Crippen LogP contribution in [0.2, 0.25) is 0 Å². The summed E-state index contributed by atoms with van der Waals surface area (Å²) in [5, 5.41) is 0. The predicted molar refractivity (Wildman–Crippen MR) is 94.0 cm³/mol. The number of piperazine rings is 1. The third kappa shape index (κ3) is 3.24. The maximum Gasteiger partial charge on any atom is 0.129 e. The Balaban J connectivity index is 1.66. The minimum Gasteiger partial charge on any atom is -0.368 e. The molecule has 0 spiro atoms. The Morgan fingerprint density at radius 3 is 2.14 bits per heavy atom. The highest BCUT2D eigenvalue weighted by Gasteiger charge is 2.18. The van der Waals surface area contributed by atoms with E-state index < -0.39 is 0 Å². The van der Waals surface area contributed by atoms with Gasteiger partial charge in [-0.15, -0.1) is 0 Å². The normalized spacial score (nSPS) is 15.2. The van der Waals surface area contributed by atoms with E-state index in [0.717, 1.165) is 44.1 Å². The molecule has 1 aromatic heterocycles. The van der Waals surface area contributed by atoms with Crippen molar-refractivity contribution in [3.63, 3.8) is 0 Å². The Hall–Kier alpha value is -2.03. The molecule has 1 fully saturated rings. The van der Waals surface area contributed by atoms with Crippen molar-refractivity contribution in [2.75, 3.05) is 36.0 Å². The van der Waals surface area contributed by atoms with Gasteiger partial charge in [0, 0.05) is 37.6 Å². The monoisotopic (exact) mass is 295 g/mol. The van der Waals surface area contributed by atoms with Gasteiger partial charge < -0.3 is 9.80 Å². The first-order valence-electron chi connectivity index (χ1n) is 8.20. The Labute approximate surface area is 133 Å². The van der Waals surface area contributed by atoms with Gasteiger partial charge in [-0.05, 0) is 55.7 Å². The third-order valence-electron chi connectivity index (χ3n) is 4.40. The van der Waals surface area contributed by atoms with E-state index in [4.69, 9.17) is 0 Å². The van der Waals surface area contributed by atoms with Gasteiger partial charge in [0.25, 0.3) is 0 Å². The average molecular weight is 295 g/mol. The van der Waals surface area contributed by atoms with Crippen LogP contribution in [0.25, 0.3) is 0 Å². The van der Waals surface area contributed by atoms with Gasteiger partial charge in [0.1, 0.15) is 5.82 Å². The second kappa shape index (κ2) is 6.39. The molecule has 2 aromatic rings. The molecule has 116 valence electrons. The lowest BCUT2D eigenvalue weighted by atomic mass is 10.1. The molecule has 22 heavy (non-hydrogen) atoms. The van der Waals surface area contributed by atoms with Crippen molar-refractivity contribution in [2.24, 2.45) is 0 Å². The SMILES string of the molecule is CCc1ccc(N2CCN(c3cc(C)cc(C)n3)CC2)cc1. The van der Waals surface area contributed by atoms with E-state index in [2.05, 4.69) is 72.0 Å². The molecule has 2 heterocycles. The first kappa shape index (κ1) is 14.9. The Kier molecular flexibility index (Phi) is 4.32. The van der Waals surface area contributed by atoms with Crippen LogP contribution >= 0.6 is 0 Å². The molecule has 1 aliphatic rings. The van der Waals surface area contributed by atoms with Crippen LogP contribution in [0.4, 0.5) is 11.5 Å². The second-order valence-corrected chi connectivity index (χ2v) is 6.14. The maximum atomic E-state index is 4.69. The molecule has 1 aromatic carbocycles. The van der Waals surface area contributed by atoms with Crippen molar-refractivity contribution < 1.29 is 0 Å². The number of pyridine rings is 1. The first-order chi connectivity index (χ1) is 10.7. The molecule has 1 aliphatic heterocycles. The number of hydrogen-bond donors (Lipinski definition) is 0. The quantitative estimate of drug-likeness (QED) is 0.862. The molecule has 3 heteroatoms. The third-order valence-corrected chi connectivity index (χ3v) is 4.40. The van der Waals surface area contributed by atoms with Gasteiger partial charge in [0.15, 0.2) is 0 Å². The van der Waals surface area contributed by atoms with Crippen LogP contribution in [-0.4, -0.2) is 31.2 Å². The summed E-state index contributed by atoms with van der Waals surface area (Å²) in [5.74, 6) is 1.12. The summed E-state index contributed by atoms with van der Waals surface area (Å²) in [5.41, 5.74) is 5.14. The van der Waals surface area contributed by atoms with Crippen LogP contribution in [0, 0.1) is 13.8 Å². The summed E-state index contributed by atoms with van der Waals surface area (Å²) >= 11 is 0. The molecular weight excluding hydrogens is 270 g/mol. The molecule has 0 bridgehead atoms. The Morgan fingerprint density at radius 2 is 1.55 bits per heavy atom. The average Bonchev–Trinajstić information content (AvgIpc) is 2.54. The van der Waals surface area contributed by atoms with Gasteiger partial charge in [-0.2, -0.15) is 0 Å². The van der Waals surface area contributed by atoms with Gasteiger partial charge in [-0.1, -0.05) is 19.1 Å². The number of rotatable bonds is 3. The van der Waals surface area contributed by atoms with Crippen molar-refractivity contribution >= 4 is 11.5 Å². The fraction of sp³-hybridized carbons (Fsp3) is 0.421. The summed E-state index contributed by atoms with van der Waals surface area (Å²) in [4.78, 5) is 9.56. The standard InChI is InChI=1S/C19H25N3/c1-4-17-5-7-18(8-6-17)21-9-11-22(12-10-21)19-14-15(2)13-16(3)20-19/h5-8,13-14H,4,9-12H2,1-3H3. The highest BCUT2D eigenvalue weighted by atomic mass is 15.3. The molecule has 0 unspecified atom stereocenters. The Bertz CT molecular complexity index is 605. The van der Waals surface area contributed by atoms with Crippen molar-refractivity contribution in [1.82, 2.24) is 4.98 Å². The van der Waals surface area contributed by atoms with Crippen LogP contribution < -0.4 is 9.80 Å². The number of aromatic nitrogens is 1. The first-order valence-corrected chi connectivity index (χ1v) is 8.20. The lowest BCUT2D eigenvalue weighted by molar-refractivity contribution is 0.646. The molecule has 0 atom stereocenters. The largest absolute Gasteiger partial charge is 0.368 e. The minimum atomic E-state index is 1.03.